The lowest BCUT2D eigenvalue weighted by atomic mass is 10.1. The highest BCUT2D eigenvalue weighted by molar-refractivity contribution is 6.00. The van der Waals surface area contributed by atoms with Gasteiger partial charge in [-0.1, -0.05) is 48.5 Å². The standard InChI is InChI=1S/C25H30N4O3/c30-23(28-15-13-27(14-16-28)18-20-7-3-1-4-8-20)11-12-26-25(32)21-17-24(31)29(19-21)22-9-5-2-6-10-22/h1-10,21H,11-19H2,(H,26,32)/t21-/m1/s1. The van der Waals surface area contributed by atoms with Crippen molar-refractivity contribution in [1.29, 1.82) is 0 Å². The Hall–Kier alpha value is -3.19. The van der Waals surface area contributed by atoms with Crippen LogP contribution in [0.3, 0.4) is 0 Å². The molecule has 2 aromatic rings. The van der Waals surface area contributed by atoms with Gasteiger partial charge in [0.1, 0.15) is 0 Å². The molecule has 0 unspecified atom stereocenters. The summed E-state index contributed by atoms with van der Waals surface area (Å²) in [5.41, 5.74) is 2.10. The Kier molecular flexibility index (Phi) is 7.17. The summed E-state index contributed by atoms with van der Waals surface area (Å²) in [6, 6.07) is 19.7. The zero-order valence-corrected chi connectivity index (χ0v) is 18.3. The van der Waals surface area contributed by atoms with E-state index < -0.39 is 0 Å². The van der Waals surface area contributed by atoms with Crippen LogP contribution < -0.4 is 10.2 Å². The Balaban J connectivity index is 1.16. The number of benzene rings is 2. The lowest BCUT2D eigenvalue weighted by Crippen LogP contribution is -2.48. The normalized spacial score (nSPS) is 19.2. The van der Waals surface area contributed by atoms with E-state index in [9.17, 15) is 14.4 Å². The molecule has 0 saturated carbocycles. The van der Waals surface area contributed by atoms with Crippen LogP contribution in [0.15, 0.2) is 60.7 Å². The second-order valence-corrected chi connectivity index (χ2v) is 8.42. The van der Waals surface area contributed by atoms with Crippen molar-refractivity contribution in [2.24, 2.45) is 5.92 Å². The van der Waals surface area contributed by atoms with Gasteiger partial charge >= 0.3 is 0 Å². The van der Waals surface area contributed by atoms with Gasteiger partial charge in [0.2, 0.25) is 17.7 Å². The van der Waals surface area contributed by atoms with E-state index in [1.165, 1.54) is 5.56 Å². The first-order valence-corrected chi connectivity index (χ1v) is 11.3. The molecule has 32 heavy (non-hydrogen) atoms. The third-order valence-corrected chi connectivity index (χ3v) is 6.18. The maximum absolute atomic E-state index is 12.5. The summed E-state index contributed by atoms with van der Waals surface area (Å²) in [6.07, 6.45) is 0.492. The summed E-state index contributed by atoms with van der Waals surface area (Å²) in [7, 11) is 0. The number of hydrogen-bond donors (Lipinski definition) is 1. The highest BCUT2D eigenvalue weighted by Gasteiger charge is 2.35. The molecular formula is C25H30N4O3. The van der Waals surface area contributed by atoms with Crippen LogP contribution in [0.5, 0.6) is 0 Å². The van der Waals surface area contributed by atoms with E-state index in [2.05, 4.69) is 22.3 Å². The SMILES string of the molecule is O=C(NCCC(=O)N1CCN(Cc2ccccc2)CC1)[C@@H]1CC(=O)N(c2ccccc2)C1. The number of nitrogens with one attached hydrogen (secondary N) is 1. The summed E-state index contributed by atoms with van der Waals surface area (Å²) < 4.78 is 0. The van der Waals surface area contributed by atoms with Gasteiger partial charge in [-0.2, -0.15) is 0 Å². The zero-order chi connectivity index (χ0) is 22.3. The number of hydrogen-bond acceptors (Lipinski definition) is 4. The predicted octanol–water partition coefficient (Wildman–Crippen LogP) is 1.89. The monoisotopic (exact) mass is 434 g/mol. The number of carbonyl (C=O) groups excluding carboxylic acids is 3. The number of para-hydroxylation sites is 1. The largest absolute Gasteiger partial charge is 0.355 e. The minimum Gasteiger partial charge on any atom is -0.355 e. The third kappa shape index (κ3) is 5.53. The van der Waals surface area contributed by atoms with Gasteiger partial charge in [-0.3, -0.25) is 19.3 Å². The molecule has 7 nitrogen and oxygen atoms in total. The van der Waals surface area contributed by atoms with Crippen molar-refractivity contribution >= 4 is 23.4 Å². The molecule has 2 fully saturated rings. The highest BCUT2D eigenvalue weighted by atomic mass is 16.2. The van der Waals surface area contributed by atoms with Crippen LogP contribution in [0.2, 0.25) is 0 Å². The molecule has 2 saturated heterocycles. The van der Waals surface area contributed by atoms with E-state index in [4.69, 9.17) is 0 Å². The predicted molar refractivity (Wildman–Crippen MR) is 123 cm³/mol. The molecule has 2 aromatic carbocycles. The van der Waals surface area contributed by atoms with Crippen molar-refractivity contribution < 1.29 is 14.4 Å². The molecule has 0 bridgehead atoms. The molecule has 0 spiro atoms. The van der Waals surface area contributed by atoms with Gasteiger partial charge in [0.15, 0.2) is 0 Å². The molecule has 2 heterocycles. The van der Waals surface area contributed by atoms with Crippen LogP contribution in [-0.4, -0.2) is 66.8 Å². The van der Waals surface area contributed by atoms with E-state index >= 15 is 0 Å². The van der Waals surface area contributed by atoms with Gasteiger partial charge in [0, 0.05) is 64.3 Å². The van der Waals surface area contributed by atoms with Crippen LogP contribution in [-0.2, 0) is 20.9 Å². The van der Waals surface area contributed by atoms with Crippen LogP contribution >= 0.6 is 0 Å². The van der Waals surface area contributed by atoms with Gasteiger partial charge in [-0.25, -0.2) is 0 Å². The van der Waals surface area contributed by atoms with Gasteiger partial charge in [0.05, 0.1) is 5.92 Å². The number of amides is 3. The van der Waals surface area contributed by atoms with E-state index in [-0.39, 0.29) is 36.5 Å². The zero-order valence-electron chi connectivity index (χ0n) is 18.3. The maximum Gasteiger partial charge on any atom is 0.227 e. The summed E-state index contributed by atoms with van der Waals surface area (Å²) in [4.78, 5) is 43.3. The lowest BCUT2D eigenvalue weighted by molar-refractivity contribution is -0.133. The van der Waals surface area contributed by atoms with Crippen molar-refractivity contribution in [1.82, 2.24) is 15.1 Å². The fourth-order valence-corrected chi connectivity index (χ4v) is 4.33. The van der Waals surface area contributed by atoms with Crippen LogP contribution in [0, 0.1) is 5.92 Å². The lowest BCUT2D eigenvalue weighted by Gasteiger charge is -2.34. The average Bonchev–Trinajstić information content (AvgIpc) is 3.22. The Bertz CT molecular complexity index is 927. The van der Waals surface area contributed by atoms with Crippen molar-refractivity contribution in [3.8, 4) is 0 Å². The quantitative estimate of drug-likeness (QED) is 0.722. The van der Waals surface area contributed by atoms with Gasteiger partial charge < -0.3 is 15.1 Å². The topological polar surface area (TPSA) is 73.0 Å². The number of nitrogens with zero attached hydrogens (tertiary/aromatic N) is 3. The Morgan fingerprint density at radius 3 is 2.25 bits per heavy atom. The van der Waals surface area contributed by atoms with Crippen LogP contribution in [0.1, 0.15) is 18.4 Å². The molecule has 4 rings (SSSR count). The molecular weight excluding hydrogens is 404 g/mol. The molecule has 168 valence electrons. The van der Waals surface area contributed by atoms with Crippen LogP contribution in [0.4, 0.5) is 5.69 Å². The number of rotatable bonds is 7. The fourth-order valence-electron chi connectivity index (χ4n) is 4.33. The molecule has 3 amide bonds. The summed E-state index contributed by atoms with van der Waals surface area (Å²) in [6.45, 7) is 4.72. The second-order valence-electron chi connectivity index (χ2n) is 8.42. The molecule has 2 aliphatic rings. The number of piperazine rings is 1. The van der Waals surface area contributed by atoms with E-state index in [0.29, 0.717) is 26.2 Å². The highest BCUT2D eigenvalue weighted by Crippen LogP contribution is 2.24. The molecule has 1 atom stereocenters. The van der Waals surface area contributed by atoms with E-state index in [0.717, 1.165) is 25.3 Å². The molecule has 0 aliphatic carbocycles. The molecule has 0 radical (unpaired) electrons. The van der Waals surface area contributed by atoms with Crippen molar-refractivity contribution in [3.05, 3.63) is 66.2 Å². The Labute approximate surface area is 189 Å². The first-order chi connectivity index (χ1) is 15.6. The van der Waals surface area contributed by atoms with E-state index in [1.807, 2.05) is 53.4 Å². The summed E-state index contributed by atoms with van der Waals surface area (Å²) in [5, 5.41) is 2.85. The number of anilines is 1. The summed E-state index contributed by atoms with van der Waals surface area (Å²) >= 11 is 0. The second kappa shape index (κ2) is 10.4. The molecule has 0 aromatic heterocycles. The minimum absolute atomic E-state index is 0.0409. The van der Waals surface area contributed by atoms with Crippen molar-refractivity contribution in [3.63, 3.8) is 0 Å². The fraction of sp³-hybridized carbons (Fsp3) is 0.400. The smallest absolute Gasteiger partial charge is 0.227 e. The molecule has 1 N–H and O–H groups in total. The first-order valence-electron chi connectivity index (χ1n) is 11.3. The third-order valence-electron chi connectivity index (χ3n) is 6.18. The van der Waals surface area contributed by atoms with E-state index in [1.54, 1.807) is 4.90 Å². The Morgan fingerprint density at radius 2 is 1.56 bits per heavy atom. The minimum atomic E-state index is -0.376. The molecule has 7 heteroatoms. The van der Waals surface area contributed by atoms with Gasteiger partial charge in [0.25, 0.3) is 0 Å². The first kappa shape index (κ1) is 22.0. The van der Waals surface area contributed by atoms with Crippen molar-refractivity contribution in [2.75, 3.05) is 44.2 Å². The average molecular weight is 435 g/mol. The van der Waals surface area contributed by atoms with Crippen LogP contribution in [0.25, 0.3) is 0 Å². The Morgan fingerprint density at radius 1 is 0.906 bits per heavy atom. The van der Waals surface area contributed by atoms with Crippen molar-refractivity contribution in [2.45, 2.75) is 19.4 Å². The van der Waals surface area contributed by atoms with Gasteiger partial charge in [-0.15, -0.1) is 0 Å². The summed E-state index contributed by atoms with van der Waals surface area (Å²) in [5.74, 6) is -0.504. The number of carbonyl (C=O) groups is 3. The molecule has 2 aliphatic heterocycles. The maximum atomic E-state index is 12.5. The van der Waals surface area contributed by atoms with Gasteiger partial charge in [-0.05, 0) is 17.7 Å².